The van der Waals surface area contributed by atoms with E-state index in [0.717, 1.165) is 26.9 Å². The third-order valence-electron chi connectivity index (χ3n) is 2.25. The Hall–Kier alpha value is -0.580. The second-order valence-corrected chi connectivity index (χ2v) is 4.49. The Balaban J connectivity index is 2.63. The first-order chi connectivity index (χ1) is 6.18. The van der Waals surface area contributed by atoms with E-state index in [1.807, 2.05) is 13.0 Å². The number of nitrogens with one attached hydrogen (secondary N) is 1. The van der Waals surface area contributed by atoms with Gasteiger partial charge in [-0.05, 0) is 47.2 Å². The van der Waals surface area contributed by atoms with Crippen molar-refractivity contribution in [2.45, 2.75) is 13.3 Å². The van der Waals surface area contributed by atoms with Gasteiger partial charge in [0.2, 0.25) is 0 Å². The van der Waals surface area contributed by atoms with Crippen LogP contribution in [0, 0.1) is 10.5 Å². The molecule has 0 radical (unpaired) electrons. The molecular formula is C10H10INO. The Kier molecular flexibility index (Phi) is 2.27. The molecule has 0 atom stereocenters. The van der Waals surface area contributed by atoms with Gasteiger partial charge in [0.25, 0.3) is 0 Å². The monoisotopic (exact) mass is 287 g/mol. The maximum absolute atomic E-state index is 11.5. The zero-order chi connectivity index (χ0) is 9.42. The van der Waals surface area contributed by atoms with E-state index in [4.69, 9.17) is 0 Å². The molecule has 0 saturated carbocycles. The van der Waals surface area contributed by atoms with Crippen LogP contribution in [-0.4, -0.2) is 12.3 Å². The van der Waals surface area contributed by atoms with Crippen LogP contribution in [-0.2, 0) is 0 Å². The number of anilines is 1. The predicted molar refractivity (Wildman–Crippen MR) is 61.3 cm³/mol. The highest BCUT2D eigenvalue weighted by Gasteiger charge is 2.18. The van der Waals surface area contributed by atoms with E-state index in [1.165, 1.54) is 0 Å². The molecular weight excluding hydrogens is 277 g/mol. The summed E-state index contributed by atoms with van der Waals surface area (Å²) in [6.45, 7) is 2.81. The van der Waals surface area contributed by atoms with Gasteiger partial charge in [0.05, 0.1) is 0 Å². The molecule has 0 saturated heterocycles. The average Bonchev–Trinajstić information content (AvgIpc) is 2.07. The Bertz CT molecular complexity index is 373. The molecule has 3 heteroatoms. The number of ketones is 1. The van der Waals surface area contributed by atoms with Gasteiger partial charge in [0, 0.05) is 27.8 Å². The number of hydrogen-bond donors (Lipinski definition) is 1. The lowest BCUT2D eigenvalue weighted by atomic mass is 9.99. The minimum Gasteiger partial charge on any atom is -0.384 e. The molecule has 68 valence electrons. The van der Waals surface area contributed by atoms with Gasteiger partial charge < -0.3 is 5.32 Å². The summed E-state index contributed by atoms with van der Waals surface area (Å²) in [6, 6.07) is 4.04. The van der Waals surface area contributed by atoms with Gasteiger partial charge in [-0.1, -0.05) is 0 Å². The molecule has 1 aromatic carbocycles. The van der Waals surface area contributed by atoms with Crippen LogP contribution in [0.3, 0.4) is 0 Å². The van der Waals surface area contributed by atoms with E-state index in [9.17, 15) is 4.79 Å². The quantitative estimate of drug-likeness (QED) is 0.743. The number of halogens is 1. The molecule has 1 aliphatic rings. The lowest BCUT2D eigenvalue weighted by Gasteiger charge is -2.19. The Morgan fingerprint density at radius 1 is 1.46 bits per heavy atom. The maximum atomic E-state index is 11.5. The van der Waals surface area contributed by atoms with Crippen molar-refractivity contribution in [3.05, 3.63) is 26.8 Å². The van der Waals surface area contributed by atoms with E-state index in [-0.39, 0.29) is 5.78 Å². The Morgan fingerprint density at radius 3 is 3.00 bits per heavy atom. The second kappa shape index (κ2) is 3.29. The number of fused-ring (bicyclic) bond motifs is 1. The van der Waals surface area contributed by atoms with Crippen LogP contribution in [0.4, 0.5) is 5.69 Å². The van der Waals surface area contributed by atoms with Gasteiger partial charge in [-0.25, -0.2) is 0 Å². The smallest absolute Gasteiger partial charge is 0.166 e. The van der Waals surface area contributed by atoms with Crippen LogP contribution in [0.1, 0.15) is 22.3 Å². The highest BCUT2D eigenvalue weighted by molar-refractivity contribution is 14.1. The van der Waals surface area contributed by atoms with E-state index < -0.39 is 0 Å². The number of hydrogen-bond acceptors (Lipinski definition) is 2. The van der Waals surface area contributed by atoms with Gasteiger partial charge in [-0.15, -0.1) is 0 Å². The Labute approximate surface area is 90.9 Å². The van der Waals surface area contributed by atoms with Crippen molar-refractivity contribution in [1.29, 1.82) is 0 Å². The number of carbonyl (C=O) groups excluding carboxylic acids is 1. The number of rotatable bonds is 0. The highest BCUT2D eigenvalue weighted by Crippen LogP contribution is 2.27. The summed E-state index contributed by atoms with van der Waals surface area (Å²) in [6.07, 6.45) is 0.618. The number of aryl methyl sites for hydroxylation is 1. The van der Waals surface area contributed by atoms with Crippen molar-refractivity contribution >= 4 is 34.1 Å². The molecule has 0 spiro atoms. The minimum atomic E-state index is 0.260. The predicted octanol–water partition coefficient (Wildman–Crippen LogP) is 2.60. The third-order valence-corrected chi connectivity index (χ3v) is 2.88. The van der Waals surface area contributed by atoms with Crippen LogP contribution >= 0.6 is 22.6 Å². The first-order valence-corrected chi connectivity index (χ1v) is 5.33. The van der Waals surface area contributed by atoms with Crippen molar-refractivity contribution in [2.24, 2.45) is 0 Å². The fourth-order valence-corrected chi connectivity index (χ4v) is 2.41. The van der Waals surface area contributed by atoms with E-state index in [1.54, 1.807) is 0 Å². The molecule has 13 heavy (non-hydrogen) atoms. The van der Waals surface area contributed by atoms with Gasteiger partial charge in [0.1, 0.15) is 0 Å². The number of benzene rings is 1. The molecule has 0 bridgehead atoms. The summed E-state index contributed by atoms with van der Waals surface area (Å²) < 4.78 is 1.13. The topological polar surface area (TPSA) is 29.1 Å². The highest BCUT2D eigenvalue weighted by atomic mass is 127. The van der Waals surface area contributed by atoms with Crippen molar-refractivity contribution in [2.75, 3.05) is 11.9 Å². The standard InChI is InChI=1S/C10H10INO/c1-6-4-7(11)5-8-9(13)2-3-12-10(6)8/h4-5,12H,2-3H2,1H3. The molecule has 1 aliphatic heterocycles. The molecule has 0 fully saturated rings. The van der Waals surface area contributed by atoms with E-state index in [0.29, 0.717) is 6.42 Å². The summed E-state index contributed by atoms with van der Waals surface area (Å²) in [7, 11) is 0. The first kappa shape index (κ1) is 8.99. The number of Topliss-reactive ketones (excluding diaryl/α,β-unsaturated/α-hetero) is 1. The fraction of sp³-hybridized carbons (Fsp3) is 0.300. The van der Waals surface area contributed by atoms with Crippen molar-refractivity contribution < 1.29 is 4.79 Å². The van der Waals surface area contributed by atoms with Crippen molar-refractivity contribution in [1.82, 2.24) is 0 Å². The van der Waals surface area contributed by atoms with E-state index >= 15 is 0 Å². The van der Waals surface area contributed by atoms with Crippen LogP contribution in [0.2, 0.25) is 0 Å². The second-order valence-electron chi connectivity index (χ2n) is 3.25. The van der Waals surface area contributed by atoms with Crippen LogP contribution < -0.4 is 5.32 Å². The molecule has 0 aromatic heterocycles. The van der Waals surface area contributed by atoms with Gasteiger partial charge in [-0.3, -0.25) is 4.79 Å². The average molecular weight is 287 g/mol. The van der Waals surface area contributed by atoms with Gasteiger partial charge in [-0.2, -0.15) is 0 Å². The molecule has 1 aromatic rings. The SMILES string of the molecule is Cc1cc(I)cc2c1NCCC2=O. The largest absolute Gasteiger partial charge is 0.384 e. The lowest BCUT2D eigenvalue weighted by molar-refractivity contribution is 0.0983. The normalized spacial score (nSPS) is 15.1. The lowest BCUT2D eigenvalue weighted by Crippen LogP contribution is -2.19. The van der Waals surface area contributed by atoms with Crippen molar-refractivity contribution in [3.63, 3.8) is 0 Å². The van der Waals surface area contributed by atoms with Gasteiger partial charge >= 0.3 is 0 Å². The molecule has 0 aliphatic carbocycles. The summed E-state index contributed by atoms with van der Waals surface area (Å²) in [5.41, 5.74) is 3.04. The summed E-state index contributed by atoms with van der Waals surface area (Å²) in [5, 5.41) is 3.26. The fourth-order valence-electron chi connectivity index (χ4n) is 1.63. The molecule has 2 nitrogen and oxygen atoms in total. The molecule has 1 N–H and O–H groups in total. The Morgan fingerprint density at radius 2 is 2.23 bits per heavy atom. The summed E-state index contributed by atoms with van der Waals surface area (Å²) >= 11 is 2.24. The van der Waals surface area contributed by atoms with Crippen molar-refractivity contribution in [3.8, 4) is 0 Å². The molecule has 1 heterocycles. The molecule has 0 amide bonds. The summed E-state index contributed by atoms with van der Waals surface area (Å²) in [5.74, 6) is 0.260. The molecule has 2 rings (SSSR count). The van der Waals surface area contributed by atoms with Crippen LogP contribution in [0.25, 0.3) is 0 Å². The van der Waals surface area contributed by atoms with E-state index in [2.05, 4.69) is 34.0 Å². The minimum absolute atomic E-state index is 0.260. The zero-order valence-corrected chi connectivity index (χ0v) is 9.51. The number of carbonyl (C=O) groups is 1. The maximum Gasteiger partial charge on any atom is 0.166 e. The van der Waals surface area contributed by atoms with Crippen LogP contribution in [0.15, 0.2) is 12.1 Å². The van der Waals surface area contributed by atoms with Gasteiger partial charge in [0.15, 0.2) is 5.78 Å². The third kappa shape index (κ3) is 1.57. The zero-order valence-electron chi connectivity index (χ0n) is 7.36. The first-order valence-electron chi connectivity index (χ1n) is 4.25. The van der Waals surface area contributed by atoms with Crippen LogP contribution in [0.5, 0.6) is 0 Å². The molecule has 0 unspecified atom stereocenters. The summed E-state index contributed by atoms with van der Waals surface area (Å²) in [4.78, 5) is 11.5.